The first-order valence-corrected chi connectivity index (χ1v) is 5.70. The molecule has 2 heterocycles. The van der Waals surface area contributed by atoms with E-state index in [2.05, 4.69) is 28.5 Å². The summed E-state index contributed by atoms with van der Waals surface area (Å²) < 4.78 is 2.15. The Kier molecular flexibility index (Phi) is 3.19. The maximum absolute atomic E-state index is 5.53. The molecule has 86 valence electrons. The molecule has 1 atom stereocenters. The third kappa shape index (κ3) is 1.93. The molecule has 0 aliphatic heterocycles. The second-order valence-electron chi connectivity index (χ2n) is 4.23. The summed E-state index contributed by atoms with van der Waals surface area (Å²) in [5.41, 5.74) is 7.65. The fourth-order valence-electron chi connectivity index (χ4n) is 2.06. The summed E-state index contributed by atoms with van der Waals surface area (Å²) in [4.78, 5) is 8.72. The lowest BCUT2D eigenvalue weighted by Gasteiger charge is -2.10. The van der Waals surface area contributed by atoms with Crippen molar-refractivity contribution < 1.29 is 0 Å². The average molecular weight is 218 g/mol. The molecule has 0 bridgehead atoms. The molecule has 4 nitrogen and oxygen atoms in total. The highest BCUT2D eigenvalue weighted by molar-refractivity contribution is 5.74. The largest absolute Gasteiger partial charge is 0.331 e. The third-order valence-corrected chi connectivity index (χ3v) is 3.00. The van der Waals surface area contributed by atoms with E-state index >= 15 is 0 Å². The number of pyridine rings is 1. The number of rotatable bonds is 4. The van der Waals surface area contributed by atoms with Gasteiger partial charge in [-0.15, -0.1) is 0 Å². The zero-order valence-electron chi connectivity index (χ0n) is 9.85. The average Bonchev–Trinajstić information content (AvgIpc) is 2.64. The lowest BCUT2D eigenvalue weighted by atomic mass is 10.1. The summed E-state index contributed by atoms with van der Waals surface area (Å²) in [6, 6.07) is 2.00. The Morgan fingerprint density at radius 3 is 3.00 bits per heavy atom. The molecule has 2 rings (SSSR count). The summed E-state index contributed by atoms with van der Waals surface area (Å²) in [6.07, 6.45) is 5.75. The highest BCUT2D eigenvalue weighted by Gasteiger charge is 2.13. The molecule has 2 aromatic heterocycles. The molecule has 0 aliphatic rings. The standard InChI is InChI=1S/C12H18N4/c1-9(4-3-6-13)12-15-10-8-14-7-5-11(10)16(12)2/h5,7-9H,3-4,6,13H2,1-2H3. The first-order chi connectivity index (χ1) is 7.74. The topological polar surface area (TPSA) is 56.7 Å². The van der Waals surface area contributed by atoms with Gasteiger partial charge in [0.2, 0.25) is 0 Å². The second-order valence-corrected chi connectivity index (χ2v) is 4.23. The lowest BCUT2D eigenvalue weighted by Crippen LogP contribution is -2.06. The summed E-state index contributed by atoms with van der Waals surface area (Å²) in [6.45, 7) is 2.94. The van der Waals surface area contributed by atoms with E-state index in [-0.39, 0.29) is 0 Å². The van der Waals surface area contributed by atoms with E-state index in [0.717, 1.165) is 36.2 Å². The quantitative estimate of drug-likeness (QED) is 0.851. The van der Waals surface area contributed by atoms with Gasteiger partial charge in [-0.3, -0.25) is 4.98 Å². The molecule has 0 aliphatic carbocycles. The predicted molar refractivity (Wildman–Crippen MR) is 65.2 cm³/mol. The highest BCUT2D eigenvalue weighted by atomic mass is 15.1. The molecular weight excluding hydrogens is 200 g/mol. The van der Waals surface area contributed by atoms with E-state index in [0.29, 0.717) is 5.92 Å². The van der Waals surface area contributed by atoms with Crippen LogP contribution in [0.5, 0.6) is 0 Å². The van der Waals surface area contributed by atoms with Crippen molar-refractivity contribution in [3.8, 4) is 0 Å². The Morgan fingerprint density at radius 2 is 2.31 bits per heavy atom. The fraction of sp³-hybridized carbons (Fsp3) is 0.500. The van der Waals surface area contributed by atoms with Gasteiger partial charge in [-0.2, -0.15) is 0 Å². The summed E-state index contributed by atoms with van der Waals surface area (Å²) >= 11 is 0. The number of nitrogens with two attached hydrogens (primary N) is 1. The van der Waals surface area contributed by atoms with Gasteiger partial charge in [-0.1, -0.05) is 6.92 Å². The van der Waals surface area contributed by atoms with Crippen LogP contribution in [0.1, 0.15) is 31.5 Å². The monoisotopic (exact) mass is 218 g/mol. The van der Waals surface area contributed by atoms with Gasteiger partial charge in [0.15, 0.2) is 0 Å². The zero-order valence-corrected chi connectivity index (χ0v) is 9.85. The first kappa shape index (κ1) is 11.1. The van der Waals surface area contributed by atoms with E-state index in [9.17, 15) is 0 Å². The normalized spacial score (nSPS) is 13.2. The Labute approximate surface area is 95.5 Å². The fourth-order valence-corrected chi connectivity index (χ4v) is 2.06. The van der Waals surface area contributed by atoms with Crippen molar-refractivity contribution in [2.75, 3.05) is 6.54 Å². The van der Waals surface area contributed by atoms with Crippen LogP contribution in [-0.2, 0) is 7.05 Å². The number of aromatic nitrogens is 3. The Bertz CT molecular complexity index is 475. The molecule has 0 radical (unpaired) electrons. The molecule has 4 heteroatoms. The van der Waals surface area contributed by atoms with E-state index in [1.165, 1.54) is 0 Å². The first-order valence-electron chi connectivity index (χ1n) is 5.70. The number of fused-ring (bicyclic) bond motifs is 1. The molecule has 0 spiro atoms. The van der Waals surface area contributed by atoms with Crippen LogP contribution in [0.25, 0.3) is 11.0 Å². The van der Waals surface area contributed by atoms with Gasteiger partial charge in [-0.25, -0.2) is 4.98 Å². The van der Waals surface area contributed by atoms with E-state index in [1.54, 1.807) is 6.20 Å². The number of hydrogen-bond acceptors (Lipinski definition) is 3. The molecule has 0 saturated heterocycles. The number of nitrogens with zero attached hydrogens (tertiary/aromatic N) is 3. The van der Waals surface area contributed by atoms with Gasteiger partial charge in [0.05, 0.1) is 11.7 Å². The van der Waals surface area contributed by atoms with Gasteiger partial charge in [0, 0.05) is 19.2 Å². The van der Waals surface area contributed by atoms with Gasteiger partial charge in [-0.05, 0) is 25.5 Å². The van der Waals surface area contributed by atoms with Gasteiger partial charge in [0.25, 0.3) is 0 Å². The van der Waals surface area contributed by atoms with Crippen LogP contribution in [-0.4, -0.2) is 21.1 Å². The lowest BCUT2D eigenvalue weighted by molar-refractivity contribution is 0.592. The molecule has 0 saturated carbocycles. The van der Waals surface area contributed by atoms with Crippen molar-refractivity contribution in [1.29, 1.82) is 0 Å². The van der Waals surface area contributed by atoms with Gasteiger partial charge in [0.1, 0.15) is 11.3 Å². The molecule has 2 N–H and O–H groups in total. The predicted octanol–water partition coefficient (Wildman–Crippen LogP) is 1.81. The van der Waals surface area contributed by atoms with Crippen molar-refractivity contribution in [2.24, 2.45) is 12.8 Å². The maximum Gasteiger partial charge on any atom is 0.112 e. The summed E-state index contributed by atoms with van der Waals surface area (Å²) in [7, 11) is 2.06. The van der Waals surface area contributed by atoms with E-state index < -0.39 is 0 Å². The molecule has 0 aromatic carbocycles. The van der Waals surface area contributed by atoms with Gasteiger partial charge < -0.3 is 10.3 Å². The van der Waals surface area contributed by atoms with Crippen molar-refractivity contribution in [1.82, 2.24) is 14.5 Å². The summed E-state index contributed by atoms with van der Waals surface area (Å²) in [5.74, 6) is 1.57. The van der Waals surface area contributed by atoms with Crippen molar-refractivity contribution in [2.45, 2.75) is 25.7 Å². The van der Waals surface area contributed by atoms with Crippen LogP contribution >= 0.6 is 0 Å². The zero-order chi connectivity index (χ0) is 11.5. The molecule has 0 amide bonds. The number of hydrogen-bond donors (Lipinski definition) is 1. The van der Waals surface area contributed by atoms with E-state index in [4.69, 9.17) is 5.73 Å². The molecular formula is C12H18N4. The number of imidazole rings is 1. The van der Waals surface area contributed by atoms with Crippen molar-refractivity contribution >= 4 is 11.0 Å². The Balaban J connectivity index is 2.33. The van der Waals surface area contributed by atoms with Crippen LogP contribution < -0.4 is 5.73 Å². The van der Waals surface area contributed by atoms with Crippen LogP contribution in [0, 0.1) is 0 Å². The smallest absolute Gasteiger partial charge is 0.112 e. The van der Waals surface area contributed by atoms with Crippen LogP contribution in [0.3, 0.4) is 0 Å². The third-order valence-electron chi connectivity index (χ3n) is 3.00. The van der Waals surface area contributed by atoms with Crippen molar-refractivity contribution in [3.05, 3.63) is 24.3 Å². The number of aryl methyl sites for hydroxylation is 1. The second kappa shape index (κ2) is 4.61. The Hall–Kier alpha value is -1.42. The molecule has 0 fully saturated rings. The van der Waals surface area contributed by atoms with Crippen LogP contribution in [0.15, 0.2) is 18.5 Å². The minimum Gasteiger partial charge on any atom is -0.331 e. The van der Waals surface area contributed by atoms with Crippen LogP contribution in [0.2, 0.25) is 0 Å². The molecule has 1 unspecified atom stereocenters. The minimum atomic E-state index is 0.445. The SMILES string of the molecule is CC(CCCN)c1nc2cnccc2n1C. The Morgan fingerprint density at radius 1 is 1.50 bits per heavy atom. The molecule has 2 aromatic rings. The maximum atomic E-state index is 5.53. The molecule has 16 heavy (non-hydrogen) atoms. The van der Waals surface area contributed by atoms with Gasteiger partial charge >= 0.3 is 0 Å². The summed E-state index contributed by atoms with van der Waals surface area (Å²) in [5, 5.41) is 0. The van der Waals surface area contributed by atoms with E-state index in [1.807, 2.05) is 12.3 Å². The van der Waals surface area contributed by atoms with Crippen LogP contribution in [0.4, 0.5) is 0 Å². The van der Waals surface area contributed by atoms with Crippen molar-refractivity contribution in [3.63, 3.8) is 0 Å². The minimum absolute atomic E-state index is 0.445. The highest BCUT2D eigenvalue weighted by Crippen LogP contribution is 2.23.